The van der Waals surface area contributed by atoms with Crippen LogP contribution in [0.2, 0.25) is 0 Å². The van der Waals surface area contributed by atoms with E-state index in [2.05, 4.69) is 15.3 Å². The lowest BCUT2D eigenvalue weighted by Crippen LogP contribution is -2.30. The van der Waals surface area contributed by atoms with Crippen molar-refractivity contribution >= 4 is 5.91 Å². The van der Waals surface area contributed by atoms with Crippen LogP contribution in [-0.4, -0.2) is 21.9 Å². The first-order valence-electron chi connectivity index (χ1n) is 4.77. The molecular formula is C10H17N3O. The molecule has 0 fully saturated rings. The van der Waals surface area contributed by atoms with Gasteiger partial charge in [-0.15, -0.1) is 0 Å². The van der Waals surface area contributed by atoms with E-state index < -0.39 is 0 Å². The maximum atomic E-state index is 11.2. The lowest BCUT2D eigenvalue weighted by atomic mass is 10.3. The number of hydrogen-bond acceptors (Lipinski definition) is 3. The first-order chi connectivity index (χ1) is 6.70. The van der Waals surface area contributed by atoms with Crippen LogP contribution in [0.3, 0.4) is 0 Å². The first kappa shape index (κ1) is 12.6. The zero-order valence-electron chi connectivity index (χ0n) is 9.11. The fraction of sp³-hybridized carbons (Fsp3) is 0.500. The summed E-state index contributed by atoms with van der Waals surface area (Å²) in [5, 5.41) is 2.72. The van der Waals surface area contributed by atoms with E-state index in [9.17, 15) is 4.79 Å². The summed E-state index contributed by atoms with van der Waals surface area (Å²) in [7, 11) is 0. The molecule has 1 rings (SSSR count). The number of aromatic nitrogens is 2. The molecule has 0 aromatic carbocycles. The van der Waals surface area contributed by atoms with Crippen molar-refractivity contribution in [2.24, 2.45) is 0 Å². The molecule has 0 aliphatic carbocycles. The Morgan fingerprint density at radius 2 is 2.00 bits per heavy atom. The highest BCUT2D eigenvalue weighted by molar-refractivity contribution is 5.91. The van der Waals surface area contributed by atoms with E-state index in [1.165, 1.54) is 18.6 Å². The molecule has 4 heteroatoms. The highest BCUT2D eigenvalue weighted by atomic mass is 16.1. The second kappa shape index (κ2) is 7.00. The van der Waals surface area contributed by atoms with E-state index in [1.54, 1.807) is 0 Å². The van der Waals surface area contributed by atoms with Crippen molar-refractivity contribution in [3.63, 3.8) is 0 Å². The zero-order valence-corrected chi connectivity index (χ0v) is 9.11. The van der Waals surface area contributed by atoms with Gasteiger partial charge in [0, 0.05) is 18.4 Å². The molecule has 0 bridgehead atoms. The van der Waals surface area contributed by atoms with Crippen LogP contribution in [0, 0.1) is 0 Å². The summed E-state index contributed by atoms with van der Waals surface area (Å²) in [5.41, 5.74) is 0.353. The molecule has 78 valence electrons. The van der Waals surface area contributed by atoms with Gasteiger partial charge in [0.2, 0.25) is 0 Å². The Morgan fingerprint density at radius 1 is 1.36 bits per heavy atom. The summed E-state index contributed by atoms with van der Waals surface area (Å²) in [6.07, 6.45) is 4.47. The predicted molar refractivity (Wildman–Crippen MR) is 56.0 cm³/mol. The van der Waals surface area contributed by atoms with Crippen LogP contribution in [0.25, 0.3) is 0 Å². The van der Waals surface area contributed by atoms with E-state index in [-0.39, 0.29) is 11.9 Å². The molecule has 0 saturated heterocycles. The number of hydrogen-bond donors (Lipinski definition) is 1. The van der Waals surface area contributed by atoms with E-state index >= 15 is 0 Å². The van der Waals surface area contributed by atoms with Crippen molar-refractivity contribution in [3.05, 3.63) is 24.3 Å². The van der Waals surface area contributed by atoms with Crippen LogP contribution in [0.15, 0.2) is 18.6 Å². The molecule has 4 nitrogen and oxygen atoms in total. The predicted octanol–water partition coefficient (Wildman–Crippen LogP) is 1.64. The molecule has 1 N–H and O–H groups in total. The number of amides is 1. The molecule has 0 saturated carbocycles. The van der Waals surface area contributed by atoms with Gasteiger partial charge in [0.1, 0.15) is 5.69 Å². The molecular weight excluding hydrogens is 178 g/mol. The third-order valence-corrected chi connectivity index (χ3v) is 1.22. The Hall–Kier alpha value is -1.45. The molecule has 1 aromatic heterocycles. The average molecular weight is 195 g/mol. The van der Waals surface area contributed by atoms with E-state index in [0.717, 1.165) is 0 Å². The summed E-state index contributed by atoms with van der Waals surface area (Å²) >= 11 is 0. The highest BCUT2D eigenvalue weighted by Crippen LogP contribution is 1.90. The molecule has 0 radical (unpaired) electrons. The van der Waals surface area contributed by atoms with Crippen molar-refractivity contribution in [1.82, 2.24) is 15.3 Å². The third-order valence-electron chi connectivity index (χ3n) is 1.22. The minimum atomic E-state index is -0.182. The second-order valence-electron chi connectivity index (χ2n) is 2.72. The van der Waals surface area contributed by atoms with Crippen LogP contribution in [0.4, 0.5) is 0 Å². The number of carbonyl (C=O) groups excluding carboxylic acids is 1. The molecule has 0 unspecified atom stereocenters. The highest BCUT2D eigenvalue weighted by Gasteiger charge is 2.06. The summed E-state index contributed by atoms with van der Waals surface area (Å²) < 4.78 is 0. The minimum absolute atomic E-state index is 0.125. The summed E-state index contributed by atoms with van der Waals surface area (Å²) in [4.78, 5) is 18.9. The Kier molecular flexibility index (Phi) is 6.28. The Bertz CT molecular complexity index is 259. The molecule has 0 aliphatic rings. The van der Waals surface area contributed by atoms with Gasteiger partial charge in [-0.1, -0.05) is 13.8 Å². The third kappa shape index (κ3) is 4.54. The molecule has 14 heavy (non-hydrogen) atoms. The largest absolute Gasteiger partial charge is 0.348 e. The fourth-order valence-corrected chi connectivity index (χ4v) is 0.752. The van der Waals surface area contributed by atoms with Gasteiger partial charge < -0.3 is 5.32 Å². The van der Waals surface area contributed by atoms with Crippen LogP contribution in [0.5, 0.6) is 0 Å². The van der Waals surface area contributed by atoms with Crippen LogP contribution < -0.4 is 5.32 Å². The van der Waals surface area contributed by atoms with Crippen LogP contribution >= 0.6 is 0 Å². The van der Waals surface area contributed by atoms with Gasteiger partial charge in [0.05, 0.1) is 6.20 Å². The monoisotopic (exact) mass is 195 g/mol. The van der Waals surface area contributed by atoms with Gasteiger partial charge in [-0.05, 0) is 13.8 Å². The quantitative estimate of drug-likeness (QED) is 0.780. The minimum Gasteiger partial charge on any atom is -0.348 e. The van der Waals surface area contributed by atoms with Gasteiger partial charge in [-0.25, -0.2) is 4.98 Å². The molecule has 0 atom stereocenters. The second-order valence-corrected chi connectivity index (χ2v) is 2.72. The topological polar surface area (TPSA) is 54.9 Å². The van der Waals surface area contributed by atoms with Crippen LogP contribution in [-0.2, 0) is 0 Å². The van der Waals surface area contributed by atoms with Crippen molar-refractivity contribution in [1.29, 1.82) is 0 Å². The van der Waals surface area contributed by atoms with Crippen molar-refractivity contribution in [3.8, 4) is 0 Å². The van der Waals surface area contributed by atoms with E-state index in [0.29, 0.717) is 5.69 Å². The molecule has 1 amide bonds. The summed E-state index contributed by atoms with van der Waals surface area (Å²) in [5.74, 6) is -0.182. The average Bonchev–Trinajstić information content (AvgIpc) is 2.21. The van der Waals surface area contributed by atoms with Crippen LogP contribution in [0.1, 0.15) is 38.2 Å². The Labute approximate surface area is 84.8 Å². The normalized spacial score (nSPS) is 8.93. The maximum absolute atomic E-state index is 11.2. The van der Waals surface area contributed by atoms with Crippen molar-refractivity contribution in [2.75, 3.05) is 0 Å². The Balaban J connectivity index is 0.000000791. The van der Waals surface area contributed by atoms with E-state index in [4.69, 9.17) is 0 Å². The molecule has 0 spiro atoms. The van der Waals surface area contributed by atoms with Gasteiger partial charge >= 0.3 is 0 Å². The lowest BCUT2D eigenvalue weighted by Gasteiger charge is -2.06. The number of nitrogens with zero attached hydrogens (tertiary/aromatic N) is 2. The standard InChI is InChI=1S/C8H11N3O.C2H6/c1-6(2)11-8(12)7-5-9-3-4-10-7;1-2/h3-6H,1-2H3,(H,11,12);1-2H3. The van der Waals surface area contributed by atoms with Gasteiger partial charge in [0.25, 0.3) is 5.91 Å². The zero-order chi connectivity index (χ0) is 11.0. The smallest absolute Gasteiger partial charge is 0.271 e. The summed E-state index contributed by atoms with van der Waals surface area (Å²) in [6, 6.07) is 0.125. The first-order valence-corrected chi connectivity index (χ1v) is 4.77. The van der Waals surface area contributed by atoms with Crippen molar-refractivity contribution in [2.45, 2.75) is 33.7 Å². The Morgan fingerprint density at radius 3 is 2.43 bits per heavy atom. The number of rotatable bonds is 2. The van der Waals surface area contributed by atoms with Gasteiger partial charge in [-0.2, -0.15) is 0 Å². The fourth-order valence-electron chi connectivity index (χ4n) is 0.752. The molecule has 1 heterocycles. The lowest BCUT2D eigenvalue weighted by molar-refractivity contribution is 0.0937. The molecule has 0 aliphatic heterocycles. The number of carbonyl (C=O) groups is 1. The SMILES string of the molecule is CC.CC(C)NC(=O)c1cnccn1. The molecule has 1 aromatic rings. The number of nitrogens with one attached hydrogen (secondary N) is 1. The van der Waals surface area contributed by atoms with Gasteiger partial charge in [-0.3, -0.25) is 9.78 Å². The van der Waals surface area contributed by atoms with Gasteiger partial charge in [0.15, 0.2) is 0 Å². The van der Waals surface area contributed by atoms with E-state index in [1.807, 2.05) is 27.7 Å². The van der Waals surface area contributed by atoms with Crippen molar-refractivity contribution < 1.29 is 4.79 Å². The summed E-state index contributed by atoms with van der Waals surface area (Å²) in [6.45, 7) is 7.79. The maximum Gasteiger partial charge on any atom is 0.271 e.